The van der Waals surface area contributed by atoms with Crippen LogP contribution in [0, 0.1) is 0 Å². The van der Waals surface area contributed by atoms with Crippen LogP contribution in [0.4, 0.5) is 18.9 Å². The third-order valence-corrected chi connectivity index (χ3v) is 5.37. The topological polar surface area (TPSA) is 38.1 Å². The van der Waals surface area contributed by atoms with E-state index < -0.39 is 11.7 Å². The lowest BCUT2D eigenvalue weighted by Crippen LogP contribution is -2.40. The van der Waals surface area contributed by atoms with Crippen molar-refractivity contribution in [2.24, 2.45) is 0 Å². The molecule has 1 aliphatic carbocycles. The maximum Gasteiger partial charge on any atom is 0.416 e. The minimum atomic E-state index is -4.43. The number of alkyl halides is 3. The van der Waals surface area contributed by atoms with Gasteiger partial charge in [0.05, 0.1) is 17.3 Å². The number of hydrogen-bond donors (Lipinski definition) is 0. The Morgan fingerprint density at radius 3 is 2.65 bits per heavy atom. The van der Waals surface area contributed by atoms with Gasteiger partial charge in [-0.2, -0.15) is 18.3 Å². The smallest absolute Gasteiger partial charge is 0.307 e. The van der Waals surface area contributed by atoms with Crippen LogP contribution >= 0.6 is 0 Å². The first-order valence-corrected chi connectivity index (χ1v) is 8.99. The Hall–Kier alpha value is -2.31. The molecule has 7 heteroatoms. The van der Waals surface area contributed by atoms with Crippen LogP contribution in [0.25, 0.3) is 0 Å². The lowest BCUT2D eigenvalue weighted by atomic mass is 9.92. The minimum absolute atomic E-state index is 0.231. The van der Waals surface area contributed by atoms with Crippen LogP contribution < -0.4 is 4.90 Å². The fraction of sp³-hybridized carbons (Fsp3) is 0.474. The summed E-state index contributed by atoms with van der Waals surface area (Å²) >= 11 is 0. The van der Waals surface area contributed by atoms with Crippen molar-refractivity contribution in [1.29, 1.82) is 0 Å². The summed E-state index contributed by atoms with van der Waals surface area (Å²) in [5, 5.41) is 4.66. The monoisotopic (exact) mass is 363 g/mol. The molecule has 0 bridgehead atoms. The number of aromatic nitrogens is 2. The summed E-state index contributed by atoms with van der Waals surface area (Å²) < 4.78 is 40.9. The highest BCUT2D eigenvalue weighted by molar-refractivity contribution is 6.07. The van der Waals surface area contributed by atoms with E-state index in [1.165, 1.54) is 11.0 Å². The Kier molecular flexibility index (Phi) is 4.04. The van der Waals surface area contributed by atoms with Gasteiger partial charge in [-0.25, -0.2) is 0 Å². The molecule has 1 aromatic heterocycles. The summed E-state index contributed by atoms with van der Waals surface area (Å²) in [6.45, 7) is 2.38. The minimum Gasteiger partial charge on any atom is -0.307 e. The molecule has 26 heavy (non-hydrogen) atoms. The summed E-state index contributed by atoms with van der Waals surface area (Å²) in [6, 6.07) is 5.21. The van der Waals surface area contributed by atoms with Crippen molar-refractivity contribution in [3.63, 3.8) is 0 Å². The maximum atomic E-state index is 13.2. The largest absolute Gasteiger partial charge is 0.416 e. The number of nitrogens with zero attached hydrogens (tertiary/aromatic N) is 3. The van der Waals surface area contributed by atoms with Crippen molar-refractivity contribution in [3.8, 4) is 0 Å². The van der Waals surface area contributed by atoms with E-state index in [0.717, 1.165) is 49.1 Å². The molecule has 1 saturated carbocycles. The summed E-state index contributed by atoms with van der Waals surface area (Å²) in [7, 11) is 0. The van der Waals surface area contributed by atoms with Crippen molar-refractivity contribution < 1.29 is 18.0 Å². The van der Waals surface area contributed by atoms with Gasteiger partial charge in [0.2, 0.25) is 0 Å². The molecule has 0 atom stereocenters. The fourth-order valence-electron chi connectivity index (χ4n) is 3.73. The normalized spacial score (nSPS) is 18.0. The number of amides is 1. The van der Waals surface area contributed by atoms with Gasteiger partial charge >= 0.3 is 6.18 Å². The molecule has 0 N–H and O–H groups in total. The molecule has 0 radical (unpaired) electrons. The second-order valence-electron chi connectivity index (χ2n) is 6.91. The number of benzene rings is 1. The van der Waals surface area contributed by atoms with Crippen LogP contribution in [0.1, 0.15) is 59.5 Å². The number of carbonyl (C=O) groups excluding carboxylic acids is 1. The van der Waals surface area contributed by atoms with Gasteiger partial charge < -0.3 is 4.90 Å². The van der Waals surface area contributed by atoms with Gasteiger partial charge in [0.1, 0.15) is 5.69 Å². The number of carbonyl (C=O) groups is 1. The van der Waals surface area contributed by atoms with Crippen LogP contribution in [-0.4, -0.2) is 22.2 Å². The Morgan fingerprint density at radius 1 is 1.27 bits per heavy atom. The van der Waals surface area contributed by atoms with Crippen molar-refractivity contribution >= 4 is 11.6 Å². The molecular weight excluding hydrogens is 343 g/mol. The van der Waals surface area contributed by atoms with Crippen LogP contribution in [0.3, 0.4) is 0 Å². The van der Waals surface area contributed by atoms with Gasteiger partial charge in [-0.05, 0) is 50.3 Å². The number of aryl methyl sites for hydroxylation is 1. The lowest BCUT2D eigenvalue weighted by molar-refractivity contribution is -0.137. The van der Waals surface area contributed by atoms with E-state index in [0.29, 0.717) is 18.7 Å². The van der Waals surface area contributed by atoms with Crippen molar-refractivity contribution in [1.82, 2.24) is 9.78 Å². The second-order valence-corrected chi connectivity index (χ2v) is 6.91. The average molecular weight is 363 g/mol. The number of fused-ring (bicyclic) bond motifs is 1. The first-order chi connectivity index (χ1) is 12.4. The third kappa shape index (κ3) is 2.70. The summed E-state index contributed by atoms with van der Waals surface area (Å²) in [4.78, 5) is 14.6. The Morgan fingerprint density at radius 2 is 2.04 bits per heavy atom. The van der Waals surface area contributed by atoms with Gasteiger partial charge in [0.15, 0.2) is 0 Å². The molecule has 2 heterocycles. The summed E-state index contributed by atoms with van der Waals surface area (Å²) in [5.74, 6) is -0.246. The predicted octanol–water partition coefficient (Wildman–Crippen LogP) is 4.39. The Labute approximate surface area is 149 Å². The number of hydrogen-bond acceptors (Lipinski definition) is 2. The van der Waals surface area contributed by atoms with E-state index in [1.807, 2.05) is 11.6 Å². The molecule has 1 fully saturated rings. The van der Waals surface area contributed by atoms with Crippen LogP contribution in [0.15, 0.2) is 24.3 Å². The van der Waals surface area contributed by atoms with Gasteiger partial charge in [0.25, 0.3) is 5.91 Å². The fourth-order valence-corrected chi connectivity index (χ4v) is 3.73. The number of rotatable bonds is 3. The second kappa shape index (κ2) is 6.14. The van der Waals surface area contributed by atoms with Gasteiger partial charge in [-0.3, -0.25) is 9.48 Å². The van der Waals surface area contributed by atoms with Crippen molar-refractivity contribution in [3.05, 3.63) is 46.8 Å². The van der Waals surface area contributed by atoms with E-state index >= 15 is 0 Å². The molecule has 2 aliphatic rings. The molecule has 1 amide bonds. The molecule has 1 aliphatic heterocycles. The van der Waals surface area contributed by atoms with E-state index in [2.05, 4.69) is 5.10 Å². The molecule has 1 aromatic carbocycles. The molecule has 0 unspecified atom stereocenters. The van der Waals surface area contributed by atoms with E-state index in [-0.39, 0.29) is 17.6 Å². The first-order valence-electron chi connectivity index (χ1n) is 8.99. The molecule has 4 nitrogen and oxygen atoms in total. The van der Waals surface area contributed by atoms with E-state index in [4.69, 9.17) is 0 Å². The Balaban J connectivity index is 1.73. The zero-order valence-corrected chi connectivity index (χ0v) is 14.5. The zero-order valence-electron chi connectivity index (χ0n) is 14.5. The first kappa shape index (κ1) is 17.1. The SMILES string of the molecule is CCc1nn(C2CCC2)c2c1CCN(c1cccc(C(F)(F)F)c1)C2=O. The number of anilines is 1. The highest BCUT2D eigenvalue weighted by Crippen LogP contribution is 2.37. The maximum absolute atomic E-state index is 13.2. The van der Waals surface area contributed by atoms with Gasteiger partial charge in [-0.15, -0.1) is 0 Å². The molecular formula is C19H20F3N3O. The van der Waals surface area contributed by atoms with Gasteiger partial charge in [0, 0.05) is 17.8 Å². The van der Waals surface area contributed by atoms with Crippen molar-refractivity contribution in [2.45, 2.75) is 51.2 Å². The molecule has 0 spiro atoms. The molecule has 2 aromatic rings. The highest BCUT2D eigenvalue weighted by atomic mass is 19.4. The van der Waals surface area contributed by atoms with E-state index in [9.17, 15) is 18.0 Å². The molecule has 138 valence electrons. The highest BCUT2D eigenvalue weighted by Gasteiger charge is 2.36. The lowest BCUT2D eigenvalue weighted by Gasteiger charge is -2.32. The van der Waals surface area contributed by atoms with Crippen LogP contribution in [-0.2, 0) is 19.0 Å². The molecule has 0 saturated heterocycles. The van der Waals surface area contributed by atoms with Crippen LogP contribution in [0.5, 0.6) is 0 Å². The van der Waals surface area contributed by atoms with Gasteiger partial charge in [-0.1, -0.05) is 13.0 Å². The quantitative estimate of drug-likeness (QED) is 0.811. The van der Waals surface area contributed by atoms with Crippen molar-refractivity contribution in [2.75, 3.05) is 11.4 Å². The Bertz CT molecular complexity index is 852. The summed E-state index contributed by atoms with van der Waals surface area (Å²) in [5.41, 5.74) is 2.01. The standard InChI is InChI=1S/C19H20F3N3O/c1-2-16-15-9-10-24(14-8-3-5-12(11-14)19(20,21)22)18(26)17(15)25(23-16)13-6-4-7-13/h3,5,8,11,13H,2,4,6-7,9-10H2,1H3. The number of halogens is 3. The van der Waals surface area contributed by atoms with E-state index in [1.54, 1.807) is 6.07 Å². The molecule has 4 rings (SSSR count). The third-order valence-electron chi connectivity index (χ3n) is 5.37. The predicted molar refractivity (Wildman–Crippen MR) is 91.3 cm³/mol. The summed E-state index contributed by atoms with van der Waals surface area (Å²) in [6.07, 6.45) is 0.0453. The average Bonchev–Trinajstić information content (AvgIpc) is 2.92. The van der Waals surface area contributed by atoms with Crippen LogP contribution in [0.2, 0.25) is 0 Å². The zero-order chi connectivity index (χ0) is 18.5.